The van der Waals surface area contributed by atoms with Gasteiger partial charge in [-0.3, -0.25) is 9.69 Å². The van der Waals surface area contributed by atoms with Gasteiger partial charge < -0.3 is 10.1 Å². The number of ketones is 1. The molecule has 0 unspecified atom stereocenters. The van der Waals surface area contributed by atoms with Gasteiger partial charge in [0.25, 0.3) is 0 Å². The van der Waals surface area contributed by atoms with Crippen LogP contribution in [0.1, 0.15) is 55.5 Å². The molecule has 0 bridgehead atoms. The lowest BCUT2D eigenvalue weighted by Crippen LogP contribution is -2.48. The van der Waals surface area contributed by atoms with Crippen LogP contribution in [0, 0.1) is 11.7 Å². The predicted molar refractivity (Wildman–Crippen MR) is 120 cm³/mol. The number of hydrogen-bond acceptors (Lipinski definition) is 5. The second-order valence-electron chi connectivity index (χ2n) is 8.87. The summed E-state index contributed by atoms with van der Waals surface area (Å²) in [5.41, 5.74) is 3.33. The Labute approximate surface area is 184 Å². The molecule has 2 aliphatic rings. The predicted octanol–water partition coefficient (Wildman–Crippen LogP) is 4.56. The van der Waals surface area contributed by atoms with Crippen molar-refractivity contribution in [3.05, 3.63) is 53.0 Å². The Morgan fingerprint density at radius 1 is 1.32 bits per heavy atom. The number of halogens is 1. The molecule has 5 nitrogen and oxygen atoms in total. The molecule has 0 radical (unpaired) electrons. The van der Waals surface area contributed by atoms with Gasteiger partial charge in [-0.15, -0.1) is 0 Å². The highest BCUT2D eigenvalue weighted by molar-refractivity contribution is 5.76. The Bertz CT molecular complexity index is 927. The molecule has 2 aromatic rings. The minimum absolute atomic E-state index is 0.0671. The van der Waals surface area contributed by atoms with Crippen molar-refractivity contribution < 1.29 is 13.9 Å². The first-order valence-corrected chi connectivity index (χ1v) is 11.3. The van der Waals surface area contributed by atoms with Crippen molar-refractivity contribution >= 4 is 11.6 Å². The van der Waals surface area contributed by atoms with Crippen LogP contribution in [-0.2, 0) is 17.6 Å². The lowest BCUT2D eigenvalue weighted by molar-refractivity contribution is -0.119. The van der Waals surface area contributed by atoms with Crippen LogP contribution in [0.15, 0.2) is 30.3 Å². The van der Waals surface area contributed by atoms with E-state index in [-0.39, 0.29) is 23.4 Å². The number of ether oxygens (including phenoxy) is 1. The first kappa shape index (κ1) is 21.8. The molecule has 0 aliphatic carbocycles. The molecule has 0 spiro atoms. The number of carbonyl (C=O) groups is 1. The number of fused-ring (bicyclic) bond motifs is 1. The molecule has 1 N–H and O–H groups in total. The fourth-order valence-corrected chi connectivity index (χ4v) is 4.75. The van der Waals surface area contributed by atoms with E-state index in [2.05, 4.69) is 22.3 Å². The first-order chi connectivity index (χ1) is 15.0. The molecule has 31 heavy (non-hydrogen) atoms. The summed E-state index contributed by atoms with van der Waals surface area (Å²) in [6.45, 7) is 4.51. The van der Waals surface area contributed by atoms with E-state index in [9.17, 15) is 9.18 Å². The molecule has 1 aromatic heterocycles. The maximum atomic E-state index is 14.2. The molecule has 0 saturated carbocycles. The lowest BCUT2D eigenvalue weighted by Gasteiger charge is -2.44. The summed E-state index contributed by atoms with van der Waals surface area (Å²) in [6, 6.07) is 9.35. The van der Waals surface area contributed by atoms with Gasteiger partial charge in [0, 0.05) is 37.8 Å². The van der Waals surface area contributed by atoms with Gasteiger partial charge in [0.2, 0.25) is 0 Å². The Morgan fingerprint density at radius 3 is 2.90 bits per heavy atom. The molecule has 166 valence electrons. The highest BCUT2D eigenvalue weighted by atomic mass is 19.1. The van der Waals surface area contributed by atoms with Gasteiger partial charge in [0.1, 0.15) is 11.6 Å². The van der Waals surface area contributed by atoms with Crippen LogP contribution in [0.25, 0.3) is 0 Å². The third-order valence-electron chi connectivity index (χ3n) is 6.46. The molecule has 2 aliphatic heterocycles. The van der Waals surface area contributed by atoms with Crippen molar-refractivity contribution in [3.63, 3.8) is 0 Å². The molecular weight excluding hydrogens is 393 g/mol. The number of hydrogen-bond donors (Lipinski definition) is 1. The number of methoxy groups -OCH3 is 1. The molecule has 3 heterocycles. The molecular formula is C25H32FN3O2. The van der Waals surface area contributed by atoms with Crippen molar-refractivity contribution in [2.75, 3.05) is 32.1 Å². The largest absolute Gasteiger partial charge is 0.494 e. The lowest BCUT2D eigenvalue weighted by atomic mass is 9.88. The highest BCUT2D eigenvalue weighted by Gasteiger charge is 2.33. The van der Waals surface area contributed by atoms with E-state index in [0.717, 1.165) is 62.4 Å². The topological polar surface area (TPSA) is 54.5 Å². The Morgan fingerprint density at radius 2 is 2.16 bits per heavy atom. The zero-order valence-corrected chi connectivity index (χ0v) is 18.5. The standard InChI is InChI=1S/C25H32FN3O2/c1-17(30)13-23(20-9-11-24(31-2)22(26)14-20)29-15-18(16-29)5-3-7-21-10-8-19-6-4-12-27-25(19)28-21/h8-11,14,18,23H,3-7,12-13,15-16H2,1-2H3,(H,27,28)/t23-/m0/s1. The van der Waals surface area contributed by atoms with E-state index in [1.54, 1.807) is 13.0 Å². The number of nitrogens with one attached hydrogen (secondary N) is 1. The fourth-order valence-electron chi connectivity index (χ4n) is 4.75. The van der Waals surface area contributed by atoms with Crippen molar-refractivity contribution in [3.8, 4) is 5.75 Å². The summed E-state index contributed by atoms with van der Waals surface area (Å²) in [4.78, 5) is 18.9. The van der Waals surface area contributed by atoms with E-state index in [1.165, 1.54) is 25.2 Å². The number of carbonyl (C=O) groups excluding carboxylic acids is 1. The summed E-state index contributed by atoms with van der Waals surface area (Å²) in [7, 11) is 1.46. The monoisotopic (exact) mass is 425 g/mol. The number of pyridine rings is 1. The number of nitrogens with zero attached hydrogens (tertiary/aromatic N) is 2. The summed E-state index contributed by atoms with van der Waals surface area (Å²) in [5, 5.41) is 3.41. The van der Waals surface area contributed by atoms with E-state index in [1.807, 2.05) is 6.07 Å². The van der Waals surface area contributed by atoms with Crippen LogP contribution in [0.5, 0.6) is 5.75 Å². The zero-order chi connectivity index (χ0) is 21.8. The average Bonchev–Trinajstić information content (AvgIpc) is 2.73. The van der Waals surface area contributed by atoms with Gasteiger partial charge in [-0.25, -0.2) is 9.37 Å². The number of aryl methyl sites for hydroxylation is 2. The number of aromatic nitrogens is 1. The Balaban J connectivity index is 1.29. The number of likely N-dealkylation sites (tertiary alicyclic amines) is 1. The summed E-state index contributed by atoms with van der Waals surface area (Å²) in [5.74, 6) is 1.66. The van der Waals surface area contributed by atoms with Crippen LogP contribution in [0.3, 0.4) is 0 Å². The van der Waals surface area contributed by atoms with Gasteiger partial charge in [0.05, 0.1) is 7.11 Å². The quantitative estimate of drug-likeness (QED) is 0.638. The number of Topliss-reactive ketones (excluding diaryl/α,β-unsaturated/α-hetero) is 1. The molecule has 1 atom stereocenters. The van der Waals surface area contributed by atoms with E-state index >= 15 is 0 Å². The average molecular weight is 426 g/mol. The SMILES string of the molecule is COc1ccc([C@H](CC(C)=O)N2CC(CCCc3ccc4c(n3)NCCC4)C2)cc1F. The Hall–Kier alpha value is -2.47. The van der Waals surface area contributed by atoms with Gasteiger partial charge in [-0.1, -0.05) is 12.1 Å². The van der Waals surface area contributed by atoms with Crippen molar-refractivity contribution in [1.29, 1.82) is 0 Å². The van der Waals surface area contributed by atoms with Crippen LogP contribution >= 0.6 is 0 Å². The maximum Gasteiger partial charge on any atom is 0.165 e. The van der Waals surface area contributed by atoms with Gasteiger partial charge in [0.15, 0.2) is 11.6 Å². The summed E-state index contributed by atoms with van der Waals surface area (Å²) >= 11 is 0. The van der Waals surface area contributed by atoms with Crippen LogP contribution in [-0.4, -0.2) is 42.4 Å². The number of benzene rings is 1. The van der Waals surface area contributed by atoms with E-state index < -0.39 is 0 Å². The zero-order valence-electron chi connectivity index (χ0n) is 18.5. The molecule has 6 heteroatoms. The molecule has 4 rings (SSSR count). The van der Waals surface area contributed by atoms with Crippen molar-refractivity contribution in [1.82, 2.24) is 9.88 Å². The fraction of sp³-hybridized carbons (Fsp3) is 0.520. The van der Waals surface area contributed by atoms with E-state index in [4.69, 9.17) is 9.72 Å². The minimum atomic E-state index is -0.377. The van der Waals surface area contributed by atoms with Gasteiger partial charge in [-0.2, -0.15) is 0 Å². The molecule has 1 fully saturated rings. The minimum Gasteiger partial charge on any atom is -0.494 e. The van der Waals surface area contributed by atoms with Crippen molar-refractivity contribution in [2.45, 2.75) is 51.5 Å². The van der Waals surface area contributed by atoms with Gasteiger partial charge >= 0.3 is 0 Å². The van der Waals surface area contributed by atoms with Crippen molar-refractivity contribution in [2.24, 2.45) is 5.92 Å². The first-order valence-electron chi connectivity index (χ1n) is 11.3. The maximum absolute atomic E-state index is 14.2. The van der Waals surface area contributed by atoms with Gasteiger partial charge in [-0.05, 0) is 74.3 Å². The number of anilines is 1. The Kier molecular flexibility index (Phi) is 6.86. The van der Waals surface area contributed by atoms with E-state index in [0.29, 0.717) is 12.3 Å². The normalized spacial score (nSPS) is 17.4. The highest BCUT2D eigenvalue weighted by Crippen LogP contribution is 2.35. The molecule has 0 amide bonds. The second kappa shape index (κ2) is 9.77. The molecule has 1 aromatic carbocycles. The summed E-state index contributed by atoms with van der Waals surface area (Å²) < 4.78 is 19.2. The summed E-state index contributed by atoms with van der Waals surface area (Å²) in [6.07, 6.45) is 5.95. The molecule has 1 saturated heterocycles. The van der Waals surface area contributed by atoms with Crippen LogP contribution in [0.2, 0.25) is 0 Å². The third kappa shape index (κ3) is 5.24. The third-order valence-corrected chi connectivity index (χ3v) is 6.46. The smallest absolute Gasteiger partial charge is 0.165 e. The van der Waals surface area contributed by atoms with Crippen LogP contribution < -0.4 is 10.1 Å². The van der Waals surface area contributed by atoms with Crippen LogP contribution in [0.4, 0.5) is 10.2 Å². The number of rotatable bonds is 9. The second-order valence-corrected chi connectivity index (χ2v) is 8.87.